The minimum Gasteiger partial charge on any atom is -0.454 e. The summed E-state index contributed by atoms with van der Waals surface area (Å²) in [7, 11) is 0. The number of fused-ring (bicyclic) bond motifs is 2. The quantitative estimate of drug-likeness (QED) is 0.218. The van der Waals surface area contributed by atoms with E-state index in [0.29, 0.717) is 12.8 Å². The fourth-order valence-corrected chi connectivity index (χ4v) is 13.7. The van der Waals surface area contributed by atoms with E-state index in [4.69, 9.17) is 18.9 Å². The number of carbonyl (C=O) groups excluding carboxylic acids is 1. The molecule has 7 fully saturated rings. The first-order valence-electron chi connectivity index (χ1n) is 18.2. The van der Waals surface area contributed by atoms with Crippen LogP contribution in [0.2, 0.25) is 0 Å². The third-order valence-electron chi connectivity index (χ3n) is 15.8. The Morgan fingerprint density at radius 1 is 0.851 bits per heavy atom. The lowest BCUT2D eigenvalue weighted by molar-refractivity contribution is -0.309. The molecule has 2 aliphatic heterocycles. The van der Waals surface area contributed by atoms with E-state index in [-0.39, 0.29) is 58.2 Å². The number of hydrogen-bond acceptors (Lipinski definition) is 10. The first kappa shape index (κ1) is 34.6. The monoisotopic (exact) mass is 664 g/mol. The standard InChI is InChI=1S/C37H60O10/c1-19(38)45-27-26(42)22(41)17-44-30(27)46-24-10-12-37-18-36(37)14-13-33(6)29(35(8)11-9-25(47-35)32(4,5)43)21(40)16-34(33,7)23(36)15-20(39)28(37)31(24,2)3/h20-30,39-43H,9-18H2,1-8H3/t20-,21-,22+,23?,24?,25-,26-,27+,28?,29?,30-,33+,34-,35+,36-,37+/m0/s1. The molecule has 10 nitrogen and oxygen atoms in total. The summed E-state index contributed by atoms with van der Waals surface area (Å²) >= 11 is 0. The van der Waals surface area contributed by atoms with Gasteiger partial charge in [-0.3, -0.25) is 4.79 Å². The molecule has 7 rings (SSSR count). The molecule has 2 heterocycles. The van der Waals surface area contributed by atoms with Crippen LogP contribution in [0.25, 0.3) is 0 Å². The van der Waals surface area contributed by atoms with Crippen LogP contribution in [0.5, 0.6) is 0 Å². The second kappa shape index (κ2) is 10.6. The van der Waals surface area contributed by atoms with Crippen molar-refractivity contribution in [3.63, 3.8) is 0 Å². The third-order valence-corrected chi connectivity index (χ3v) is 15.8. The smallest absolute Gasteiger partial charge is 0.303 e. The number of ether oxygens (including phenoxy) is 4. The number of esters is 1. The molecule has 0 aromatic carbocycles. The van der Waals surface area contributed by atoms with Gasteiger partial charge in [-0.05, 0) is 117 Å². The minimum absolute atomic E-state index is 0.00501. The first-order valence-corrected chi connectivity index (χ1v) is 18.2. The Balaban J connectivity index is 1.15. The van der Waals surface area contributed by atoms with Gasteiger partial charge in [0.1, 0.15) is 12.2 Å². The van der Waals surface area contributed by atoms with Gasteiger partial charge >= 0.3 is 5.97 Å². The average molecular weight is 665 g/mol. The highest BCUT2D eigenvalue weighted by molar-refractivity contribution is 5.66. The summed E-state index contributed by atoms with van der Waals surface area (Å²) in [6, 6.07) is 0. The fourth-order valence-electron chi connectivity index (χ4n) is 13.7. The van der Waals surface area contributed by atoms with Crippen molar-refractivity contribution in [3.8, 4) is 0 Å². The normalized spacial score (nSPS) is 56.6. The van der Waals surface area contributed by atoms with Gasteiger partial charge in [-0.25, -0.2) is 0 Å². The molecule has 10 heteroatoms. The lowest BCUT2D eigenvalue weighted by Crippen LogP contribution is -2.63. The Morgan fingerprint density at radius 3 is 2.19 bits per heavy atom. The second-order valence-corrected chi connectivity index (χ2v) is 18.8. The number of aliphatic hydroxyl groups is 5. The molecule has 0 bridgehead atoms. The molecule has 5 aliphatic carbocycles. The van der Waals surface area contributed by atoms with E-state index in [1.165, 1.54) is 6.92 Å². The molecule has 2 spiro atoms. The molecule has 2 saturated heterocycles. The Hall–Kier alpha value is -0.850. The largest absolute Gasteiger partial charge is 0.454 e. The molecule has 5 saturated carbocycles. The summed E-state index contributed by atoms with van der Waals surface area (Å²) in [6.07, 6.45) is 1.48. The van der Waals surface area contributed by atoms with E-state index in [9.17, 15) is 30.3 Å². The summed E-state index contributed by atoms with van der Waals surface area (Å²) in [5.74, 6) is -0.368. The van der Waals surface area contributed by atoms with Crippen LogP contribution in [-0.2, 0) is 23.7 Å². The molecule has 0 radical (unpaired) electrons. The fraction of sp³-hybridized carbons (Fsp3) is 0.973. The Bertz CT molecular complexity index is 1270. The van der Waals surface area contributed by atoms with Crippen molar-refractivity contribution in [2.75, 3.05) is 6.61 Å². The molecular formula is C37H60O10. The lowest BCUT2D eigenvalue weighted by atomic mass is 9.41. The Morgan fingerprint density at radius 2 is 1.55 bits per heavy atom. The summed E-state index contributed by atoms with van der Waals surface area (Å²) in [5.41, 5.74) is -2.18. The molecule has 47 heavy (non-hydrogen) atoms. The average Bonchev–Trinajstić information content (AvgIpc) is 3.30. The van der Waals surface area contributed by atoms with E-state index in [1.54, 1.807) is 0 Å². The zero-order valence-electron chi connectivity index (χ0n) is 29.7. The number of carbonyl (C=O) groups is 1. The lowest BCUT2D eigenvalue weighted by Gasteiger charge is -2.64. The van der Waals surface area contributed by atoms with Crippen molar-refractivity contribution in [1.82, 2.24) is 0 Å². The summed E-state index contributed by atoms with van der Waals surface area (Å²) in [5, 5.41) is 55.8. The molecule has 0 aromatic heterocycles. The molecule has 0 aromatic rings. The van der Waals surface area contributed by atoms with Crippen LogP contribution in [0.1, 0.15) is 113 Å². The highest BCUT2D eigenvalue weighted by Crippen LogP contribution is 2.89. The van der Waals surface area contributed by atoms with Crippen molar-refractivity contribution < 1.29 is 49.3 Å². The Kier molecular flexibility index (Phi) is 7.80. The molecule has 5 N–H and O–H groups in total. The van der Waals surface area contributed by atoms with Gasteiger partial charge in [-0.1, -0.05) is 27.7 Å². The van der Waals surface area contributed by atoms with Crippen LogP contribution >= 0.6 is 0 Å². The van der Waals surface area contributed by atoms with Gasteiger partial charge in [0.05, 0.1) is 42.2 Å². The first-order chi connectivity index (χ1) is 21.7. The van der Waals surface area contributed by atoms with Crippen molar-refractivity contribution in [1.29, 1.82) is 0 Å². The van der Waals surface area contributed by atoms with E-state index in [2.05, 4.69) is 34.6 Å². The highest BCUT2D eigenvalue weighted by atomic mass is 16.7. The van der Waals surface area contributed by atoms with Crippen molar-refractivity contribution in [2.45, 2.75) is 173 Å². The molecule has 268 valence electrons. The highest BCUT2D eigenvalue weighted by Gasteiger charge is 2.85. The van der Waals surface area contributed by atoms with Gasteiger partial charge in [0.25, 0.3) is 0 Å². The van der Waals surface area contributed by atoms with Gasteiger partial charge in [0, 0.05) is 12.8 Å². The summed E-state index contributed by atoms with van der Waals surface area (Å²) < 4.78 is 24.4. The second-order valence-electron chi connectivity index (χ2n) is 18.8. The SMILES string of the molecule is CC(=O)O[C@H]1[C@H](OC2CC[C@]34C[C@]35CC[C@]3(C)C([C@@]6(C)CC[C@@H](C(C)(C)O)O6)[C@@H](O)C[C@@]3(C)C5C[C@H](O)C4C2(C)C)OC[C@@H](O)[C@@H]1O. The molecule has 4 unspecified atom stereocenters. The van der Waals surface area contributed by atoms with Crippen LogP contribution < -0.4 is 0 Å². The maximum absolute atomic E-state index is 12.2. The van der Waals surface area contributed by atoms with E-state index < -0.39 is 59.4 Å². The van der Waals surface area contributed by atoms with Gasteiger partial charge in [-0.2, -0.15) is 0 Å². The maximum Gasteiger partial charge on any atom is 0.303 e. The van der Waals surface area contributed by atoms with Crippen LogP contribution in [0.3, 0.4) is 0 Å². The van der Waals surface area contributed by atoms with Gasteiger partial charge in [0.15, 0.2) is 12.4 Å². The molecule has 0 amide bonds. The van der Waals surface area contributed by atoms with Crippen molar-refractivity contribution in [2.24, 2.45) is 44.8 Å². The predicted molar refractivity (Wildman–Crippen MR) is 171 cm³/mol. The van der Waals surface area contributed by atoms with Crippen LogP contribution in [-0.4, -0.2) is 98.3 Å². The summed E-state index contributed by atoms with van der Waals surface area (Å²) in [4.78, 5) is 11.9. The zero-order chi connectivity index (χ0) is 34.3. The topological polar surface area (TPSA) is 155 Å². The van der Waals surface area contributed by atoms with Crippen molar-refractivity contribution in [3.05, 3.63) is 0 Å². The number of aliphatic hydroxyl groups excluding tert-OH is 4. The number of rotatable bonds is 5. The summed E-state index contributed by atoms with van der Waals surface area (Å²) in [6.45, 7) is 16.0. The van der Waals surface area contributed by atoms with Crippen LogP contribution in [0, 0.1) is 44.8 Å². The minimum atomic E-state index is -1.32. The zero-order valence-corrected chi connectivity index (χ0v) is 29.7. The number of hydrogen-bond donors (Lipinski definition) is 5. The molecule has 7 aliphatic rings. The van der Waals surface area contributed by atoms with Crippen molar-refractivity contribution >= 4 is 5.97 Å². The van der Waals surface area contributed by atoms with Gasteiger partial charge < -0.3 is 44.5 Å². The predicted octanol–water partition coefficient (Wildman–Crippen LogP) is 3.47. The third kappa shape index (κ3) is 4.60. The maximum atomic E-state index is 12.2. The van der Waals surface area contributed by atoms with E-state index in [1.807, 2.05) is 13.8 Å². The Labute approximate surface area is 279 Å². The van der Waals surface area contributed by atoms with Crippen LogP contribution in [0.4, 0.5) is 0 Å². The molecule has 16 atom stereocenters. The van der Waals surface area contributed by atoms with Gasteiger partial charge in [0.2, 0.25) is 0 Å². The van der Waals surface area contributed by atoms with Crippen LogP contribution in [0.15, 0.2) is 0 Å². The van der Waals surface area contributed by atoms with Gasteiger partial charge in [-0.15, -0.1) is 0 Å². The molecular weight excluding hydrogens is 604 g/mol. The van der Waals surface area contributed by atoms with E-state index in [0.717, 1.165) is 44.9 Å². The van der Waals surface area contributed by atoms with E-state index >= 15 is 0 Å².